The van der Waals surface area contributed by atoms with E-state index in [0.717, 1.165) is 18.4 Å². The lowest BCUT2D eigenvalue weighted by atomic mass is 9.99. The molecule has 2 N–H and O–H groups in total. The predicted molar refractivity (Wildman–Crippen MR) is 152 cm³/mol. The molecule has 1 atom stereocenters. The van der Waals surface area contributed by atoms with Crippen molar-refractivity contribution in [2.24, 2.45) is 5.16 Å². The normalized spacial score (nSPS) is 16.2. The maximum absolute atomic E-state index is 14.3. The molecule has 0 bridgehead atoms. The van der Waals surface area contributed by atoms with E-state index in [1.165, 1.54) is 24.1 Å². The summed E-state index contributed by atoms with van der Waals surface area (Å²) in [5.74, 6) is -0.248. The van der Waals surface area contributed by atoms with Crippen LogP contribution in [0.1, 0.15) is 42.5 Å². The van der Waals surface area contributed by atoms with Crippen molar-refractivity contribution in [3.05, 3.63) is 82.4 Å². The molecule has 3 aromatic rings. The van der Waals surface area contributed by atoms with Crippen LogP contribution in [0, 0.1) is 0 Å². The van der Waals surface area contributed by atoms with Gasteiger partial charge in [-0.05, 0) is 61.2 Å². The Hall–Kier alpha value is -3.96. The van der Waals surface area contributed by atoms with E-state index in [1.54, 1.807) is 55.5 Å². The number of oxime groups is 1. The van der Waals surface area contributed by atoms with Crippen molar-refractivity contribution in [1.82, 2.24) is 0 Å². The van der Waals surface area contributed by atoms with Gasteiger partial charge in [0.15, 0.2) is 0 Å². The first-order chi connectivity index (χ1) is 20.0. The van der Waals surface area contributed by atoms with Crippen LogP contribution in [0.5, 0.6) is 11.5 Å². The Kier molecular flexibility index (Phi) is 8.25. The van der Waals surface area contributed by atoms with Gasteiger partial charge < -0.3 is 29.6 Å². The Morgan fingerprint density at radius 2 is 1.86 bits per heavy atom. The molecular weight excluding hydrogens is 575 g/mol. The van der Waals surface area contributed by atoms with Gasteiger partial charge in [-0.15, -0.1) is 13.2 Å². The lowest BCUT2D eigenvalue weighted by molar-refractivity contribution is -0.274. The van der Waals surface area contributed by atoms with E-state index in [1.807, 2.05) is 0 Å². The summed E-state index contributed by atoms with van der Waals surface area (Å²) in [6, 6.07) is 15.3. The third-order valence-electron chi connectivity index (χ3n) is 7.35. The van der Waals surface area contributed by atoms with Gasteiger partial charge in [0.2, 0.25) is 0 Å². The van der Waals surface area contributed by atoms with Crippen LogP contribution in [0.4, 0.5) is 24.5 Å². The second-order valence-corrected chi connectivity index (χ2v) is 10.7. The van der Waals surface area contributed by atoms with E-state index in [4.69, 9.17) is 26.3 Å². The minimum atomic E-state index is -4.86. The summed E-state index contributed by atoms with van der Waals surface area (Å²) >= 11 is 6.13. The van der Waals surface area contributed by atoms with Crippen molar-refractivity contribution in [1.29, 1.82) is 0 Å². The molecule has 222 valence electrons. The molecule has 1 spiro atoms. The van der Waals surface area contributed by atoms with E-state index in [0.29, 0.717) is 45.5 Å². The minimum Gasteiger partial charge on any atom is -0.497 e. The van der Waals surface area contributed by atoms with Crippen LogP contribution in [-0.2, 0) is 15.0 Å². The second kappa shape index (κ2) is 11.7. The number of alkyl halides is 3. The topological polar surface area (TPSA) is 92.6 Å². The number of nitrogens with one attached hydrogen (secondary N) is 1. The van der Waals surface area contributed by atoms with E-state index in [9.17, 15) is 18.0 Å². The summed E-state index contributed by atoms with van der Waals surface area (Å²) in [4.78, 5) is 21.0. The van der Waals surface area contributed by atoms with E-state index < -0.39 is 12.4 Å². The van der Waals surface area contributed by atoms with Crippen LogP contribution in [0.15, 0.2) is 65.8 Å². The summed E-state index contributed by atoms with van der Waals surface area (Å²) in [6.07, 6.45) is -3.20. The van der Waals surface area contributed by atoms with Crippen molar-refractivity contribution in [3.8, 4) is 11.5 Å². The maximum atomic E-state index is 14.3. The number of hydrogen-bond donors (Lipinski definition) is 2. The predicted octanol–water partition coefficient (Wildman–Crippen LogP) is 6.21. The molecule has 1 heterocycles. The van der Waals surface area contributed by atoms with Crippen LogP contribution in [-0.4, -0.2) is 50.0 Å². The number of carbonyl (C=O) groups is 1. The summed E-state index contributed by atoms with van der Waals surface area (Å²) in [6.45, 7) is 1.93. The zero-order valence-corrected chi connectivity index (χ0v) is 23.6. The van der Waals surface area contributed by atoms with Crippen molar-refractivity contribution < 1.29 is 37.4 Å². The zero-order valence-electron chi connectivity index (χ0n) is 22.9. The smallest absolute Gasteiger partial charge is 0.497 e. The van der Waals surface area contributed by atoms with Crippen LogP contribution in [0.2, 0.25) is 5.02 Å². The fraction of sp³-hybridized carbons (Fsp3) is 0.333. The largest absolute Gasteiger partial charge is 0.573 e. The van der Waals surface area contributed by atoms with Crippen molar-refractivity contribution in [2.75, 3.05) is 37.1 Å². The molecule has 1 amide bonds. The molecule has 1 fully saturated rings. The quantitative estimate of drug-likeness (QED) is 0.163. The van der Waals surface area contributed by atoms with Crippen LogP contribution < -0.4 is 19.7 Å². The standard InChI is InChI=1S/C30H29ClF3N3O5/c1-18(36-41-12-11-38)20-13-22(15-24(14-20)40-2)35-27(19-3-5-21(31)6-4-19)28(39)37-17-29(9-10-29)25-8-7-23(16-26(25)37)42-30(32,33)34/h3-8,13-16,27,35,38H,9-12,17H2,1-2H3. The van der Waals surface area contributed by atoms with Gasteiger partial charge in [-0.3, -0.25) is 4.79 Å². The van der Waals surface area contributed by atoms with Crippen LogP contribution in [0.25, 0.3) is 0 Å². The molecule has 1 aliphatic carbocycles. The molecular formula is C30H29ClF3N3O5. The number of fused-ring (bicyclic) bond motifs is 2. The summed E-state index contributed by atoms with van der Waals surface area (Å²) in [7, 11) is 1.51. The van der Waals surface area contributed by atoms with Crippen molar-refractivity contribution in [3.63, 3.8) is 0 Å². The fourth-order valence-electron chi connectivity index (χ4n) is 5.14. The number of amides is 1. The number of aliphatic hydroxyl groups excluding tert-OH is 1. The SMILES string of the molecule is COc1cc(NC(C(=O)N2CC3(CC3)c3ccc(OC(F)(F)F)cc32)c2ccc(Cl)cc2)cc(C(C)=NOCCO)c1. The molecule has 5 rings (SSSR count). The third kappa shape index (κ3) is 6.42. The number of halogens is 4. The number of rotatable bonds is 10. The maximum Gasteiger partial charge on any atom is 0.573 e. The van der Waals surface area contributed by atoms with Crippen LogP contribution >= 0.6 is 11.6 Å². The Bertz CT molecular complexity index is 1490. The van der Waals surface area contributed by atoms with Gasteiger partial charge in [0, 0.05) is 40.4 Å². The number of methoxy groups -OCH3 is 1. The van der Waals surface area contributed by atoms with Crippen molar-refractivity contribution >= 4 is 34.6 Å². The van der Waals surface area contributed by atoms with Crippen molar-refractivity contribution in [2.45, 2.75) is 37.6 Å². The molecule has 3 aromatic carbocycles. The molecule has 0 saturated heterocycles. The average molecular weight is 604 g/mol. The zero-order chi connectivity index (χ0) is 30.1. The average Bonchev–Trinajstić information content (AvgIpc) is 3.67. The first-order valence-corrected chi connectivity index (χ1v) is 13.6. The fourth-order valence-corrected chi connectivity index (χ4v) is 5.26. The van der Waals surface area contributed by atoms with Gasteiger partial charge in [-0.2, -0.15) is 0 Å². The highest BCUT2D eigenvalue weighted by Gasteiger charge is 2.54. The number of carbonyl (C=O) groups excluding carboxylic acids is 1. The number of nitrogens with zero attached hydrogens (tertiary/aromatic N) is 2. The molecule has 1 unspecified atom stereocenters. The summed E-state index contributed by atoms with van der Waals surface area (Å²) in [5.41, 5.74) is 3.25. The van der Waals surface area contributed by atoms with E-state index in [2.05, 4.69) is 15.2 Å². The lowest BCUT2D eigenvalue weighted by Gasteiger charge is -2.27. The molecule has 8 nitrogen and oxygen atoms in total. The summed E-state index contributed by atoms with van der Waals surface area (Å²) < 4.78 is 48.7. The highest BCUT2D eigenvalue weighted by Crippen LogP contribution is 2.57. The number of hydrogen-bond acceptors (Lipinski definition) is 7. The Morgan fingerprint density at radius 3 is 2.50 bits per heavy atom. The first kappa shape index (κ1) is 29.5. The van der Waals surface area contributed by atoms with Gasteiger partial charge in [0.25, 0.3) is 5.91 Å². The lowest BCUT2D eigenvalue weighted by Crippen LogP contribution is -2.38. The van der Waals surface area contributed by atoms with Gasteiger partial charge in [0.05, 0.1) is 25.1 Å². The Balaban J connectivity index is 1.52. The number of aliphatic hydroxyl groups is 1. The second-order valence-electron chi connectivity index (χ2n) is 10.2. The van der Waals surface area contributed by atoms with Gasteiger partial charge in [0.1, 0.15) is 24.1 Å². The van der Waals surface area contributed by atoms with Crippen LogP contribution in [0.3, 0.4) is 0 Å². The molecule has 1 aliphatic heterocycles. The highest BCUT2D eigenvalue weighted by atomic mass is 35.5. The molecule has 0 radical (unpaired) electrons. The molecule has 42 heavy (non-hydrogen) atoms. The number of ether oxygens (including phenoxy) is 2. The monoisotopic (exact) mass is 603 g/mol. The van der Waals surface area contributed by atoms with Gasteiger partial charge in [-0.1, -0.05) is 35.0 Å². The van der Waals surface area contributed by atoms with E-state index >= 15 is 0 Å². The third-order valence-corrected chi connectivity index (χ3v) is 7.60. The molecule has 12 heteroatoms. The molecule has 0 aromatic heterocycles. The van der Waals surface area contributed by atoms with Gasteiger partial charge >= 0.3 is 6.36 Å². The molecule has 2 aliphatic rings. The Morgan fingerprint density at radius 1 is 1.12 bits per heavy atom. The highest BCUT2D eigenvalue weighted by molar-refractivity contribution is 6.30. The number of benzene rings is 3. The minimum absolute atomic E-state index is 0.0358. The van der Waals surface area contributed by atoms with Gasteiger partial charge in [-0.25, -0.2) is 0 Å². The summed E-state index contributed by atoms with van der Waals surface area (Å²) in [5, 5.41) is 16.8. The van der Waals surface area contributed by atoms with E-state index in [-0.39, 0.29) is 30.3 Å². The number of anilines is 2. The first-order valence-electron chi connectivity index (χ1n) is 13.2. The molecule has 1 saturated carbocycles. The Labute approximate surface area is 245 Å².